The number of para-hydroxylation sites is 1. The Morgan fingerprint density at radius 3 is 1.33 bits per heavy atom. The number of rotatable bonds is 7. The molecule has 0 saturated carbocycles. The average Bonchev–Trinajstić information content (AvgIpc) is 2.91. The van der Waals surface area contributed by atoms with Crippen LogP contribution in [0.2, 0.25) is 0 Å². The van der Waals surface area contributed by atoms with Crippen molar-refractivity contribution in [1.82, 2.24) is 0 Å². The van der Waals surface area contributed by atoms with E-state index in [4.69, 9.17) is 4.99 Å². The van der Waals surface area contributed by atoms with Gasteiger partial charge in [-0.3, -0.25) is 15.1 Å². The number of aliphatic imine (C=N–C) groups is 1. The minimum Gasteiger partial charge on any atom is -0.502 e. The fourth-order valence-electron chi connectivity index (χ4n) is 5.66. The van der Waals surface area contributed by atoms with E-state index in [1.54, 1.807) is 6.07 Å². The van der Waals surface area contributed by atoms with Crippen LogP contribution >= 0.6 is 0 Å². The highest BCUT2D eigenvalue weighted by molar-refractivity contribution is 5.85. The molecule has 0 saturated heterocycles. The molecule has 0 fully saturated rings. The largest absolute Gasteiger partial charge is 0.502 e. The number of hydrogen-bond donors (Lipinski definition) is 2. The first kappa shape index (κ1) is 37.0. The van der Waals surface area contributed by atoms with Gasteiger partial charge < -0.3 is 10.2 Å². The van der Waals surface area contributed by atoms with Crippen LogP contribution in [-0.2, 0) is 27.3 Å². The third-order valence-corrected chi connectivity index (χ3v) is 8.89. The molecule has 3 aromatic carbocycles. The Balaban J connectivity index is 2.53. The summed E-state index contributed by atoms with van der Waals surface area (Å²) < 4.78 is 0. The predicted molar refractivity (Wildman–Crippen MR) is 192 cm³/mol. The van der Waals surface area contributed by atoms with Crippen molar-refractivity contribution in [3.8, 4) is 5.75 Å². The number of nitro benzene ring substituents is 1. The Morgan fingerprint density at radius 1 is 0.674 bits per heavy atom. The van der Waals surface area contributed by atoms with E-state index < -0.39 is 22.3 Å². The molecule has 1 unspecified atom stereocenters. The summed E-state index contributed by atoms with van der Waals surface area (Å²) in [6.45, 7) is 30.2. The lowest BCUT2D eigenvalue weighted by Crippen LogP contribution is -2.44. The SMILES string of the molecule is CC(C)C(N=Cc1cccc([N+](=O)[O-])c1O)C(O)(c1cc(C(C)(C)C)cc(C(C)(C)C)c1)c1cc(C(C)(C)C)cc(C(C)(C)C)c1. The molecule has 46 heavy (non-hydrogen) atoms. The maximum atomic E-state index is 13.6. The Morgan fingerprint density at radius 2 is 1.02 bits per heavy atom. The van der Waals surface area contributed by atoms with Gasteiger partial charge in [0.1, 0.15) is 5.60 Å². The maximum absolute atomic E-state index is 13.6. The second-order valence-corrected chi connectivity index (χ2v) is 17.3. The van der Waals surface area contributed by atoms with Crippen molar-refractivity contribution in [3.05, 3.63) is 104 Å². The third kappa shape index (κ3) is 7.88. The highest BCUT2D eigenvalue weighted by Gasteiger charge is 2.44. The average molecular weight is 629 g/mol. The van der Waals surface area contributed by atoms with Crippen LogP contribution in [0.3, 0.4) is 0 Å². The monoisotopic (exact) mass is 628 g/mol. The Kier molecular flexibility index (Phi) is 10.1. The number of aliphatic hydroxyl groups is 1. The molecule has 2 N–H and O–H groups in total. The molecule has 0 heterocycles. The lowest BCUT2D eigenvalue weighted by molar-refractivity contribution is -0.385. The van der Waals surface area contributed by atoms with Crippen molar-refractivity contribution in [2.45, 2.75) is 130 Å². The molecule has 0 aliphatic heterocycles. The van der Waals surface area contributed by atoms with Crippen molar-refractivity contribution in [2.75, 3.05) is 0 Å². The van der Waals surface area contributed by atoms with Crippen LogP contribution in [0.1, 0.15) is 136 Å². The summed E-state index contributed by atoms with van der Waals surface area (Å²) in [6, 6.07) is 16.6. The number of phenolic OH excluding ortho intramolecular Hbond substituents is 1. The van der Waals surface area contributed by atoms with Gasteiger partial charge in [-0.2, -0.15) is 0 Å². The molecule has 0 bridgehead atoms. The van der Waals surface area contributed by atoms with Crippen molar-refractivity contribution in [3.63, 3.8) is 0 Å². The topological polar surface area (TPSA) is 96.0 Å². The number of nitrogens with zero attached hydrogens (tertiary/aromatic N) is 2. The number of nitro groups is 1. The van der Waals surface area contributed by atoms with Crippen molar-refractivity contribution in [1.29, 1.82) is 0 Å². The zero-order chi connectivity index (χ0) is 35.2. The van der Waals surface area contributed by atoms with Crippen molar-refractivity contribution < 1.29 is 15.1 Å². The molecule has 3 aromatic rings. The molecule has 250 valence electrons. The Bertz CT molecular complexity index is 1470. The van der Waals surface area contributed by atoms with Gasteiger partial charge in [0.15, 0.2) is 0 Å². The molecule has 6 heteroatoms. The predicted octanol–water partition coefficient (Wildman–Crippen LogP) is 9.87. The van der Waals surface area contributed by atoms with Crippen LogP contribution in [0.25, 0.3) is 0 Å². The van der Waals surface area contributed by atoms with Gasteiger partial charge in [0.2, 0.25) is 5.75 Å². The van der Waals surface area contributed by atoms with E-state index in [2.05, 4.69) is 119 Å². The van der Waals surface area contributed by atoms with Crippen LogP contribution < -0.4 is 0 Å². The molecule has 0 radical (unpaired) electrons. The second-order valence-electron chi connectivity index (χ2n) is 17.3. The number of aromatic hydroxyl groups is 1. The number of phenols is 1. The molecule has 0 aliphatic carbocycles. The van der Waals surface area contributed by atoms with Crippen LogP contribution in [0.15, 0.2) is 59.6 Å². The van der Waals surface area contributed by atoms with Gasteiger partial charge >= 0.3 is 5.69 Å². The van der Waals surface area contributed by atoms with Gasteiger partial charge in [0.05, 0.1) is 11.0 Å². The first-order valence-corrected chi connectivity index (χ1v) is 16.3. The van der Waals surface area contributed by atoms with Crippen molar-refractivity contribution >= 4 is 11.9 Å². The maximum Gasteiger partial charge on any atom is 0.311 e. The van der Waals surface area contributed by atoms with E-state index in [1.165, 1.54) is 18.3 Å². The van der Waals surface area contributed by atoms with E-state index >= 15 is 0 Å². The number of hydrogen-bond acceptors (Lipinski definition) is 5. The standard InChI is InChI=1S/C40H56N2O4/c1-25(2)35(41-24-26-16-15-17-33(34(26)43)42(45)46)40(44,31-20-27(36(3,4)5)18-28(21-31)37(6,7)8)32-22-29(38(9,10)11)19-30(23-32)39(12,13)14/h15-25,35,43-44H,1-14H3. The number of benzene rings is 3. The van der Waals surface area contributed by atoms with E-state index in [-0.39, 0.29) is 38.8 Å². The summed E-state index contributed by atoms with van der Waals surface area (Å²) in [5, 5.41) is 35.9. The van der Waals surface area contributed by atoms with Crippen LogP contribution in [-0.4, -0.2) is 27.4 Å². The summed E-state index contributed by atoms with van der Waals surface area (Å²) in [7, 11) is 0. The van der Waals surface area contributed by atoms with Gasteiger partial charge in [-0.15, -0.1) is 0 Å². The fourth-order valence-corrected chi connectivity index (χ4v) is 5.66. The van der Waals surface area contributed by atoms with Gasteiger partial charge in [0.25, 0.3) is 0 Å². The first-order chi connectivity index (χ1) is 20.8. The Hall–Kier alpha value is -3.51. The molecular formula is C40H56N2O4. The van der Waals surface area contributed by atoms with E-state index in [0.717, 1.165) is 33.4 Å². The quantitative estimate of drug-likeness (QED) is 0.155. The molecule has 0 amide bonds. The van der Waals surface area contributed by atoms with E-state index in [1.807, 2.05) is 13.8 Å². The fraction of sp³-hybridized carbons (Fsp3) is 0.525. The Labute approximate surface area is 277 Å². The highest BCUT2D eigenvalue weighted by atomic mass is 16.6. The summed E-state index contributed by atoms with van der Waals surface area (Å²) in [5.74, 6) is -0.605. The van der Waals surface area contributed by atoms with Gasteiger partial charge in [-0.1, -0.05) is 139 Å². The summed E-state index contributed by atoms with van der Waals surface area (Å²) in [5.41, 5.74) is 3.42. The molecular weight excluding hydrogens is 572 g/mol. The first-order valence-electron chi connectivity index (χ1n) is 16.3. The van der Waals surface area contributed by atoms with E-state index in [0.29, 0.717) is 0 Å². The minimum atomic E-state index is -1.59. The molecule has 3 rings (SSSR count). The zero-order valence-electron chi connectivity index (χ0n) is 30.5. The second kappa shape index (κ2) is 12.6. The molecule has 0 aromatic heterocycles. The molecule has 1 atom stereocenters. The van der Waals surface area contributed by atoms with Gasteiger partial charge in [0, 0.05) is 17.8 Å². The molecule has 0 aliphatic rings. The van der Waals surface area contributed by atoms with Crippen LogP contribution in [0.5, 0.6) is 5.75 Å². The molecule has 0 spiro atoms. The van der Waals surface area contributed by atoms with Gasteiger partial charge in [-0.25, -0.2) is 0 Å². The normalized spacial score (nSPS) is 14.3. The smallest absolute Gasteiger partial charge is 0.311 e. The van der Waals surface area contributed by atoms with Crippen molar-refractivity contribution in [2.24, 2.45) is 10.9 Å². The van der Waals surface area contributed by atoms with E-state index in [9.17, 15) is 20.3 Å². The lowest BCUT2D eigenvalue weighted by atomic mass is 9.70. The highest BCUT2D eigenvalue weighted by Crippen LogP contribution is 2.44. The minimum absolute atomic E-state index is 0.158. The summed E-state index contributed by atoms with van der Waals surface area (Å²) in [4.78, 5) is 15.9. The molecule has 6 nitrogen and oxygen atoms in total. The summed E-state index contributed by atoms with van der Waals surface area (Å²) >= 11 is 0. The lowest BCUT2D eigenvalue weighted by Gasteiger charge is -2.40. The van der Waals surface area contributed by atoms with Crippen LogP contribution in [0.4, 0.5) is 5.69 Å². The third-order valence-electron chi connectivity index (χ3n) is 8.89. The van der Waals surface area contributed by atoms with Gasteiger partial charge in [-0.05, 0) is 67.0 Å². The summed E-state index contributed by atoms with van der Waals surface area (Å²) in [6.07, 6.45) is 1.47. The van der Waals surface area contributed by atoms with Crippen LogP contribution in [0, 0.1) is 16.0 Å². The zero-order valence-corrected chi connectivity index (χ0v) is 30.5.